The fourth-order valence-electron chi connectivity index (χ4n) is 3.90. The number of aliphatic imine (C=N–C) groups is 1. The van der Waals surface area contributed by atoms with Crippen molar-refractivity contribution in [2.45, 2.75) is 51.0 Å². The van der Waals surface area contributed by atoms with E-state index in [4.69, 9.17) is 0 Å². The third-order valence-corrected chi connectivity index (χ3v) is 5.60. The lowest BCUT2D eigenvalue weighted by Gasteiger charge is -2.41. The maximum absolute atomic E-state index is 4.40. The molecular weight excluding hydrogens is 296 g/mol. The van der Waals surface area contributed by atoms with E-state index in [0.29, 0.717) is 5.92 Å². The Morgan fingerprint density at radius 2 is 1.92 bits per heavy atom. The van der Waals surface area contributed by atoms with Crippen LogP contribution in [0, 0.1) is 0 Å². The highest BCUT2D eigenvalue weighted by atomic mass is 15.2. The predicted molar refractivity (Wildman–Crippen MR) is 102 cm³/mol. The first-order valence-electron chi connectivity index (χ1n) is 9.37. The second-order valence-electron chi connectivity index (χ2n) is 7.77. The number of piperidine rings is 1. The topological polar surface area (TPSA) is 39.7 Å². The van der Waals surface area contributed by atoms with E-state index in [2.05, 4.69) is 58.6 Å². The Balaban J connectivity index is 1.45. The molecule has 1 unspecified atom stereocenters. The predicted octanol–water partition coefficient (Wildman–Crippen LogP) is 2.76. The van der Waals surface area contributed by atoms with Crippen LogP contribution in [0.25, 0.3) is 0 Å². The fourth-order valence-corrected chi connectivity index (χ4v) is 3.90. The van der Waals surface area contributed by atoms with Crippen molar-refractivity contribution in [3.05, 3.63) is 35.4 Å². The molecule has 0 saturated carbocycles. The van der Waals surface area contributed by atoms with Gasteiger partial charge in [0.2, 0.25) is 0 Å². The Bertz CT molecular complexity index is 573. The number of nitrogens with zero attached hydrogens (tertiary/aromatic N) is 2. The van der Waals surface area contributed by atoms with Gasteiger partial charge in [-0.05, 0) is 57.3 Å². The van der Waals surface area contributed by atoms with Crippen molar-refractivity contribution >= 4 is 5.96 Å². The first-order valence-corrected chi connectivity index (χ1v) is 9.37. The van der Waals surface area contributed by atoms with Gasteiger partial charge in [0.15, 0.2) is 5.96 Å². The summed E-state index contributed by atoms with van der Waals surface area (Å²) in [7, 11) is 1.86. The van der Waals surface area contributed by atoms with Gasteiger partial charge in [0.1, 0.15) is 0 Å². The summed E-state index contributed by atoms with van der Waals surface area (Å²) in [5, 5.41) is 7.04. The van der Waals surface area contributed by atoms with Gasteiger partial charge in [0.25, 0.3) is 0 Å². The summed E-state index contributed by atoms with van der Waals surface area (Å²) < 4.78 is 0. The number of guanidine groups is 1. The van der Waals surface area contributed by atoms with Crippen molar-refractivity contribution in [1.29, 1.82) is 0 Å². The minimum absolute atomic E-state index is 0.168. The van der Waals surface area contributed by atoms with Crippen LogP contribution >= 0.6 is 0 Å². The molecule has 0 amide bonds. The van der Waals surface area contributed by atoms with Gasteiger partial charge in [-0.25, -0.2) is 0 Å². The molecule has 0 aromatic heterocycles. The number of rotatable bonds is 5. The van der Waals surface area contributed by atoms with Crippen LogP contribution in [0.5, 0.6) is 0 Å². The van der Waals surface area contributed by atoms with Gasteiger partial charge in [-0.2, -0.15) is 0 Å². The second kappa shape index (κ2) is 7.56. The summed E-state index contributed by atoms with van der Waals surface area (Å²) in [6, 6.07) is 8.76. The molecule has 1 heterocycles. The molecule has 1 fully saturated rings. The standard InChI is InChI=1S/C20H32N4/c1-20(2,24-11-7-4-8-12-24)15-23-19(21-3)22-14-17-13-16-9-5-6-10-18(16)17/h5-6,9-10,17H,4,7-8,11-15H2,1-3H3,(H2,21,22,23). The average Bonchev–Trinajstić information content (AvgIpc) is 2.59. The molecule has 4 nitrogen and oxygen atoms in total. The number of nitrogens with one attached hydrogen (secondary N) is 2. The molecule has 0 bridgehead atoms. The molecular formula is C20H32N4. The maximum Gasteiger partial charge on any atom is 0.191 e. The molecule has 24 heavy (non-hydrogen) atoms. The molecule has 1 atom stereocenters. The molecule has 3 rings (SSSR count). The molecule has 1 aromatic rings. The highest BCUT2D eigenvalue weighted by Gasteiger charge is 2.28. The van der Waals surface area contributed by atoms with Gasteiger partial charge in [0, 0.05) is 31.6 Å². The summed E-state index contributed by atoms with van der Waals surface area (Å²) in [5.74, 6) is 1.54. The van der Waals surface area contributed by atoms with E-state index < -0.39 is 0 Å². The Morgan fingerprint density at radius 1 is 1.17 bits per heavy atom. The summed E-state index contributed by atoms with van der Waals surface area (Å²) in [5.41, 5.74) is 3.16. The molecule has 2 N–H and O–H groups in total. The van der Waals surface area contributed by atoms with Crippen molar-refractivity contribution in [3.63, 3.8) is 0 Å². The first kappa shape index (κ1) is 17.3. The molecule has 132 valence electrons. The van der Waals surface area contributed by atoms with E-state index in [-0.39, 0.29) is 5.54 Å². The molecule has 1 aliphatic carbocycles. The van der Waals surface area contributed by atoms with E-state index in [9.17, 15) is 0 Å². The largest absolute Gasteiger partial charge is 0.356 e. The molecule has 0 radical (unpaired) electrons. The van der Waals surface area contributed by atoms with Gasteiger partial charge >= 0.3 is 0 Å². The van der Waals surface area contributed by atoms with Crippen LogP contribution in [0.2, 0.25) is 0 Å². The monoisotopic (exact) mass is 328 g/mol. The van der Waals surface area contributed by atoms with Gasteiger partial charge in [0.05, 0.1) is 0 Å². The summed E-state index contributed by atoms with van der Waals surface area (Å²) >= 11 is 0. The molecule has 2 aliphatic rings. The SMILES string of the molecule is CN=C(NCC1Cc2ccccc21)NCC(C)(C)N1CCCCC1. The van der Waals surface area contributed by atoms with Gasteiger partial charge < -0.3 is 10.6 Å². The number of fused-ring (bicyclic) bond motifs is 1. The lowest BCUT2D eigenvalue weighted by Crippen LogP contribution is -2.55. The van der Waals surface area contributed by atoms with Crippen LogP contribution < -0.4 is 10.6 Å². The number of hydrogen-bond donors (Lipinski definition) is 2. The first-order chi connectivity index (χ1) is 11.6. The van der Waals surface area contributed by atoms with Crippen molar-refractivity contribution < 1.29 is 0 Å². The molecule has 4 heteroatoms. The Labute approximate surface area is 146 Å². The lowest BCUT2D eigenvalue weighted by molar-refractivity contribution is 0.0982. The minimum Gasteiger partial charge on any atom is -0.356 e. The van der Waals surface area contributed by atoms with E-state index in [0.717, 1.165) is 19.0 Å². The highest BCUT2D eigenvalue weighted by molar-refractivity contribution is 5.79. The van der Waals surface area contributed by atoms with Crippen LogP contribution in [0.1, 0.15) is 50.2 Å². The average molecular weight is 329 g/mol. The number of likely N-dealkylation sites (tertiary alicyclic amines) is 1. The Hall–Kier alpha value is -1.55. The van der Waals surface area contributed by atoms with E-state index >= 15 is 0 Å². The van der Waals surface area contributed by atoms with Crippen LogP contribution in [0.4, 0.5) is 0 Å². The van der Waals surface area contributed by atoms with E-state index in [1.54, 1.807) is 0 Å². The van der Waals surface area contributed by atoms with Gasteiger partial charge in [-0.3, -0.25) is 9.89 Å². The van der Waals surface area contributed by atoms with Gasteiger partial charge in [-0.15, -0.1) is 0 Å². The van der Waals surface area contributed by atoms with E-state index in [1.165, 1.54) is 49.9 Å². The zero-order chi connectivity index (χ0) is 17.0. The maximum atomic E-state index is 4.40. The van der Waals surface area contributed by atoms with Crippen LogP contribution in [-0.4, -0.2) is 49.6 Å². The van der Waals surface area contributed by atoms with Crippen LogP contribution in [-0.2, 0) is 6.42 Å². The zero-order valence-electron chi connectivity index (χ0n) is 15.4. The lowest BCUT2D eigenvalue weighted by atomic mass is 9.78. The molecule has 0 spiro atoms. The molecule has 1 aromatic carbocycles. The normalized spacial score (nSPS) is 21.8. The minimum atomic E-state index is 0.168. The van der Waals surface area contributed by atoms with Crippen molar-refractivity contribution in [1.82, 2.24) is 15.5 Å². The second-order valence-corrected chi connectivity index (χ2v) is 7.77. The number of benzene rings is 1. The van der Waals surface area contributed by atoms with Crippen LogP contribution in [0.3, 0.4) is 0 Å². The van der Waals surface area contributed by atoms with Crippen molar-refractivity contribution in [3.8, 4) is 0 Å². The molecule has 1 aliphatic heterocycles. The van der Waals surface area contributed by atoms with Crippen molar-refractivity contribution in [2.24, 2.45) is 4.99 Å². The smallest absolute Gasteiger partial charge is 0.191 e. The summed E-state index contributed by atoms with van der Waals surface area (Å²) in [4.78, 5) is 7.01. The third kappa shape index (κ3) is 3.92. The number of hydrogen-bond acceptors (Lipinski definition) is 2. The third-order valence-electron chi connectivity index (χ3n) is 5.60. The fraction of sp³-hybridized carbons (Fsp3) is 0.650. The summed E-state index contributed by atoms with van der Waals surface area (Å²) in [6.07, 6.45) is 5.22. The molecule has 1 saturated heterocycles. The van der Waals surface area contributed by atoms with Gasteiger partial charge in [-0.1, -0.05) is 30.7 Å². The highest BCUT2D eigenvalue weighted by Crippen LogP contribution is 2.33. The quantitative estimate of drug-likeness (QED) is 0.645. The van der Waals surface area contributed by atoms with E-state index in [1.807, 2.05) is 7.05 Å². The Morgan fingerprint density at radius 3 is 2.62 bits per heavy atom. The zero-order valence-corrected chi connectivity index (χ0v) is 15.4. The Kier molecular flexibility index (Phi) is 5.44. The van der Waals surface area contributed by atoms with Crippen LogP contribution in [0.15, 0.2) is 29.3 Å². The van der Waals surface area contributed by atoms with Crippen molar-refractivity contribution in [2.75, 3.05) is 33.2 Å². The summed E-state index contributed by atoms with van der Waals surface area (Å²) in [6.45, 7) is 9.00.